The Morgan fingerprint density at radius 2 is 1.60 bits per heavy atom. The third-order valence-electron chi connectivity index (χ3n) is 8.94. The number of rotatable bonds is 9. The Kier molecular flexibility index (Phi) is 8.82. The van der Waals surface area contributed by atoms with Crippen LogP contribution in [0.4, 0.5) is 11.4 Å². The van der Waals surface area contributed by atoms with Gasteiger partial charge in [0.25, 0.3) is 0 Å². The summed E-state index contributed by atoms with van der Waals surface area (Å²) < 4.78 is 23.2. The van der Waals surface area contributed by atoms with Crippen LogP contribution in [0.5, 0.6) is 11.6 Å². The first-order valence-electron chi connectivity index (χ1n) is 15.6. The highest BCUT2D eigenvalue weighted by Crippen LogP contribution is 2.40. The number of aromatic hydroxyl groups is 1. The van der Waals surface area contributed by atoms with Gasteiger partial charge in [-0.3, -0.25) is 4.57 Å². The van der Waals surface area contributed by atoms with Gasteiger partial charge in [0.15, 0.2) is 0 Å². The quantitative estimate of drug-likeness (QED) is 0.234. The van der Waals surface area contributed by atoms with Gasteiger partial charge in [-0.05, 0) is 67.6 Å². The second-order valence-electron chi connectivity index (χ2n) is 11.9. The number of piperazine rings is 1. The largest absolute Gasteiger partial charge is 0.493 e. The highest BCUT2D eigenvalue weighted by atomic mass is 35.5. The predicted molar refractivity (Wildman–Crippen MR) is 183 cm³/mol. The number of halogens is 2. The van der Waals surface area contributed by atoms with E-state index in [0.29, 0.717) is 40.2 Å². The summed E-state index contributed by atoms with van der Waals surface area (Å²) in [4.78, 5) is 21.3. The summed E-state index contributed by atoms with van der Waals surface area (Å²) in [6.07, 6.45) is 2.72. The van der Waals surface area contributed by atoms with Gasteiger partial charge < -0.3 is 29.1 Å². The number of hydrogen-bond acceptors (Lipinski definition) is 9. The van der Waals surface area contributed by atoms with Gasteiger partial charge in [-0.25, -0.2) is 19.0 Å². The lowest BCUT2D eigenvalue weighted by Crippen LogP contribution is -2.46. The van der Waals surface area contributed by atoms with E-state index in [1.54, 1.807) is 37.1 Å². The lowest BCUT2D eigenvalue weighted by molar-refractivity contribution is -0.190. The Morgan fingerprint density at radius 3 is 2.19 bits per heavy atom. The van der Waals surface area contributed by atoms with Gasteiger partial charge in [0, 0.05) is 55.2 Å². The van der Waals surface area contributed by atoms with Crippen LogP contribution in [-0.2, 0) is 28.9 Å². The van der Waals surface area contributed by atoms with Crippen LogP contribution >= 0.6 is 23.2 Å². The molecule has 0 spiro atoms. The Bertz CT molecular complexity index is 1940. The van der Waals surface area contributed by atoms with E-state index in [-0.39, 0.29) is 24.2 Å². The van der Waals surface area contributed by atoms with Crippen LogP contribution in [0, 0.1) is 6.92 Å². The maximum absolute atomic E-state index is 12.5. The number of anilines is 2. The summed E-state index contributed by atoms with van der Waals surface area (Å²) in [5.41, 5.74) is 3.74. The average molecular weight is 693 g/mol. The fourth-order valence-corrected chi connectivity index (χ4v) is 6.74. The summed E-state index contributed by atoms with van der Waals surface area (Å²) in [5, 5.41) is 15.6. The molecule has 48 heavy (non-hydrogen) atoms. The van der Waals surface area contributed by atoms with Crippen molar-refractivity contribution in [3.63, 3.8) is 0 Å². The second-order valence-corrected chi connectivity index (χ2v) is 12.7. The van der Waals surface area contributed by atoms with Gasteiger partial charge in [-0.15, -0.1) is 0 Å². The summed E-state index contributed by atoms with van der Waals surface area (Å²) >= 11 is 12.7. The third kappa shape index (κ3) is 6.24. The van der Waals surface area contributed by atoms with Crippen molar-refractivity contribution in [2.45, 2.75) is 25.4 Å². The number of benzene rings is 3. The zero-order chi connectivity index (χ0) is 33.4. The number of imidazole rings is 1. The van der Waals surface area contributed by atoms with E-state index < -0.39 is 5.79 Å². The molecule has 2 aliphatic rings. The molecule has 0 saturated carbocycles. The first kappa shape index (κ1) is 32.1. The van der Waals surface area contributed by atoms with Gasteiger partial charge in [0.1, 0.15) is 37.7 Å². The van der Waals surface area contributed by atoms with E-state index in [1.165, 1.54) is 15.5 Å². The van der Waals surface area contributed by atoms with Crippen LogP contribution in [0.15, 0.2) is 84.2 Å². The second kappa shape index (κ2) is 13.2. The topological polar surface area (TPSA) is 112 Å². The summed E-state index contributed by atoms with van der Waals surface area (Å²) in [6, 6.07) is 21.0. The summed E-state index contributed by atoms with van der Waals surface area (Å²) in [5.74, 6) is -0.471. The van der Waals surface area contributed by atoms with Crippen LogP contribution in [-0.4, -0.2) is 74.5 Å². The Balaban J connectivity index is 0.937. The lowest BCUT2D eigenvalue weighted by atomic mass is 10.1. The van der Waals surface area contributed by atoms with E-state index in [0.717, 1.165) is 43.3 Å². The van der Waals surface area contributed by atoms with E-state index >= 15 is 0 Å². The molecule has 4 heterocycles. The fourth-order valence-electron chi connectivity index (χ4n) is 6.19. The van der Waals surface area contributed by atoms with Crippen molar-refractivity contribution in [2.75, 3.05) is 49.2 Å². The lowest BCUT2D eigenvalue weighted by Gasteiger charge is -2.37. The molecular formula is C34H35Cl2N7O5. The van der Waals surface area contributed by atoms with Crippen LogP contribution in [0.2, 0.25) is 10.0 Å². The van der Waals surface area contributed by atoms with E-state index in [2.05, 4.69) is 32.0 Å². The molecule has 5 aromatic rings. The molecule has 1 N–H and O–H groups in total. The van der Waals surface area contributed by atoms with Crippen LogP contribution < -0.4 is 20.2 Å². The first-order chi connectivity index (χ1) is 23.2. The molecule has 0 unspecified atom stereocenters. The molecule has 0 amide bonds. The van der Waals surface area contributed by atoms with Gasteiger partial charge in [-0.2, -0.15) is 5.10 Å². The van der Waals surface area contributed by atoms with Crippen LogP contribution in [0.1, 0.15) is 11.3 Å². The predicted octanol–water partition coefficient (Wildman–Crippen LogP) is 4.76. The smallest absolute Gasteiger partial charge is 0.335 e. The molecule has 12 nitrogen and oxygen atoms in total. The molecule has 2 saturated heterocycles. The van der Waals surface area contributed by atoms with Crippen molar-refractivity contribution in [2.24, 2.45) is 7.05 Å². The van der Waals surface area contributed by atoms with Crippen LogP contribution in [0.25, 0.3) is 5.69 Å². The number of ether oxygens (including phenoxy) is 3. The van der Waals surface area contributed by atoms with E-state index in [1.807, 2.05) is 42.5 Å². The molecule has 0 bridgehead atoms. The van der Waals surface area contributed by atoms with Crippen molar-refractivity contribution in [1.82, 2.24) is 23.9 Å². The molecule has 14 heteroatoms. The molecule has 3 aromatic carbocycles. The monoisotopic (exact) mass is 691 g/mol. The van der Waals surface area contributed by atoms with Crippen molar-refractivity contribution < 1.29 is 19.3 Å². The Morgan fingerprint density at radius 1 is 0.958 bits per heavy atom. The van der Waals surface area contributed by atoms with Crippen molar-refractivity contribution in [3.8, 4) is 17.3 Å². The maximum atomic E-state index is 12.5. The van der Waals surface area contributed by atoms with Crippen molar-refractivity contribution in [1.29, 1.82) is 0 Å². The summed E-state index contributed by atoms with van der Waals surface area (Å²) in [6.45, 7) is 5.99. The number of aromatic nitrogens is 5. The van der Waals surface area contributed by atoms with Gasteiger partial charge in [0.2, 0.25) is 11.7 Å². The molecule has 2 aliphatic heterocycles. The average Bonchev–Trinajstić information content (AvgIpc) is 3.81. The minimum absolute atomic E-state index is 0.0397. The van der Waals surface area contributed by atoms with Crippen LogP contribution in [0.3, 0.4) is 0 Å². The Labute approximate surface area is 287 Å². The molecular weight excluding hydrogens is 657 g/mol. The zero-order valence-corrected chi connectivity index (χ0v) is 28.0. The van der Waals surface area contributed by atoms with E-state index in [9.17, 15) is 9.90 Å². The Hall–Kier alpha value is -4.49. The molecule has 2 fully saturated rings. The molecule has 2 atom stereocenters. The SMILES string of the molecule is Cc1c(O)n(-c2ccc(N3CCN(c4ccc(OC[C@@H]5CO[C@@](Cn6cncn6)(c6ccc(Cl)cc6Cl)O5)cc4)CC3)cc2)c(=O)n1C. The standard InChI is InChI=1S/C34H35Cl2N7O5/c1-23-32(44)43(33(45)39(23)2)27-6-4-25(5-7-27)40-13-15-41(16-14-40)26-8-10-28(11-9-26)46-18-29-19-47-34(48-29,20-42-22-37-21-38-42)30-12-3-24(35)17-31(30)36/h3-12,17,21-22,29,44H,13-16,18-20H2,1-2H3/t29-,34-/m1/s1. The molecule has 0 radical (unpaired) electrons. The van der Waals surface area contributed by atoms with Gasteiger partial charge in [-0.1, -0.05) is 29.3 Å². The molecule has 250 valence electrons. The molecule has 0 aliphatic carbocycles. The van der Waals surface area contributed by atoms with Crippen molar-refractivity contribution in [3.05, 3.63) is 111 Å². The molecule has 2 aromatic heterocycles. The number of hydrogen-bond donors (Lipinski definition) is 1. The van der Waals surface area contributed by atoms with E-state index in [4.69, 9.17) is 37.4 Å². The minimum atomic E-state index is -1.17. The fraction of sp³-hybridized carbons (Fsp3) is 0.324. The minimum Gasteiger partial charge on any atom is -0.493 e. The van der Waals surface area contributed by atoms with Gasteiger partial charge in [0.05, 0.1) is 23.0 Å². The summed E-state index contributed by atoms with van der Waals surface area (Å²) in [7, 11) is 1.65. The van der Waals surface area contributed by atoms with Crippen molar-refractivity contribution >= 4 is 34.6 Å². The number of nitrogens with zero attached hydrogens (tertiary/aromatic N) is 7. The first-order valence-corrected chi connectivity index (χ1v) is 16.4. The third-order valence-corrected chi connectivity index (χ3v) is 9.49. The highest BCUT2D eigenvalue weighted by Gasteiger charge is 2.45. The normalized spacial score (nSPS) is 19.6. The van der Waals surface area contributed by atoms with Gasteiger partial charge >= 0.3 is 5.69 Å². The highest BCUT2D eigenvalue weighted by molar-refractivity contribution is 6.35. The maximum Gasteiger partial charge on any atom is 0.335 e. The zero-order valence-electron chi connectivity index (χ0n) is 26.5. The molecule has 7 rings (SSSR count).